The third-order valence-electron chi connectivity index (χ3n) is 2.23. The molecule has 1 aliphatic heterocycles. The fraction of sp³-hybridized carbons (Fsp3) is 0.750. The van der Waals surface area contributed by atoms with Crippen molar-refractivity contribution in [2.75, 3.05) is 20.7 Å². The highest BCUT2D eigenvalue weighted by molar-refractivity contribution is 5.76. The summed E-state index contributed by atoms with van der Waals surface area (Å²) in [6.45, 7) is 0.606. The van der Waals surface area contributed by atoms with Gasteiger partial charge in [-0.15, -0.1) is 0 Å². The lowest BCUT2D eigenvalue weighted by atomic mass is 10.2. The zero-order chi connectivity index (χ0) is 9.84. The number of ether oxygens (including phenoxy) is 1. The van der Waals surface area contributed by atoms with E-state index in [1.165, 1.54) is 13.2 Å². The number of esters is 1. The summed E-state index contributed by atoms with van der Waals surface area (Å²) in [5, 5.41) is 0. The van der Waals surface area contributed by atoms with Crippen LogP contribution < -0.4 is 0 Å². The average molecular weight is 184 g/mol. The van der Waals surface area contributed by atoms with Gasteiger partial charge < -0.3 is 4.74 Å². The molecule has 13 heavy (non-hydrogen) atoms. The van der Waals surface area contributed by atoms with Crippen LogP contribution in [0.25, 0.3) is 0 Å². The molecule has 0 saturated carbocycles. The molecule has 0 amide bonds. The first-order valence-electron chi connectivity index (χ1n) is 4.04. The van der Waals surface area contributed by atoms with Gasteiger partial charge in [0.1, 0.15) is 6.04 Å². The molecule has 0 bridgehead atoms. The minimum atomic E-state index is -0.272. The quantitative estimate of drug-likeness (QED) is 0.332. The molecule has 0 aliphatic carbocycles. The molecule has 2 atom stereocenters. The topological polar surface area (TPSA) is 59.0 Å². The van der Waals surface area contributed by atoms with Crippen LogP contribution in [0.1, 0.15) is 6.42 Å². The summed E-state index contributed by atoms with van der Waals surface area (Å²) in [4.78, 5) is 26.6. The van der Waals surface area contributed by atoms with Crippen LogP contribution in [0.15, 0.2) is 4.99 Å². The number of carbonyl (C=O) groups excluding carboxylic acids is 2. The maximum atomic E-state index is 11.2. The standard InChI is InChI=1S/C8H12N2O3/c1-10-4-6(9-5-11)3-7(10)8(12)13-2/h6-7H,3-4H2,1-2H3. The van der Waals surface area contributed by atoms with Crippen molar-refractivity contribution in [3.63, 3.8) is 0 Å². The molecule has 1 saturated heterocycles. The second-order valence-corrected chi connectivity index (χ2v) is 3.09. The van der Waals surface area contributed by atoms with Gasteiger partial charge in [-0.25, -0.2) is 9.79 Å². The molecule has 5 heteroatoms. The predicted octanol–water partition coefficient (Wildman–Crippen LogP) is -0.432. The Morgan fingerprint density at radius 3 is 2.92 bits per heavy atom. The van der Waals surface area contributed by atoms with E-state index in [0.29, 0.717) is 13.0 Å². The Balaban J connectivity index is 2.60. The maximum absolute atomic E-state index is 11.2. The fourth-order valence-electron chi connectivity index (χ4n) is 1.55. The smallest absolute Gasteiger partial charge is 0.323 e. The summed E-state index contributed by atoms with van der Waals surface area (Å²) in [5.41, 5.74) is 0. The van der Waals surface area contributed by atoms with E-state index in [9.17, 15) is 9.59 Å². The zero-order valence-corrected chi connectivity index (χ0v) is 7.69. The highest BCUT2D eigenvalue weighted by atomic mass is 16.5. The normalized spacial score (nSPS) is 28.2. The molecule has 0 aromatic heterocycles. The summed E-state index contributed by atoms with van der Waals surface area (Å²) in [6.07, 6.45) is 2.04. The monoisotopic (exact) mass is 184 g/mol. The van der Waals surface area contributed by atoms with Gasteiger partial charge in [0.25, 0.3) is 0 Å². The molecule has 2 unspecified atom stereocenters. The van der Waals surface area contributed by atoms with Crippen LogP contribution in [-0.2, 0) is 14.3 Å². The van der Waals surface area contributed by atoms with Crippen molar-refractivity contribution < 1.29 is 14.3 Å². The van der Waals surface area contributed by atoms with Crippen molar-refractivity contribution in [1.82, 2.24) is 4.90 Å². The molecule has 5 nitrogen and oxygen atoms in total. The lowest BCUT2D eigenvalue weighted by molar-refractivity contribution is -0.145. The highest BCUT2D eigenvalue weighted by Crippen LogP contribution is 2.18. The molecular weight excluding hydrogens is 172 g/mol. The van der Waals surface area contributed by atoms with E-state index in [1.807, 2.05) is 11.9 Å². The molecule has 0 radical (unpaired) electrons. The highest BCUT2D eigenvalue weighted by Gasteiger charge is 2.34. The van der Waals surface area contributed by atoms with Crippen LogP contribution in [0.5, 0.6) is 0 Å². The van der Waals surface area contributed by atoms with Crippen LogP contribution >= 0.6 is 0 Å². The molecule has 1 heterocycles. The van der Waals surface area contributed by atoms with Crippen molar-refractivity contribution in [3.05, 3.63) is 0 Å². The first-order valence-corrected chi connectivity index (χ1v) is 4.04. The van der Waals surface area contributed by atoms with E-state index in [-0.39, 0.29) is 18.1 Å². The van der Waals surface area contributed by atoms with Crippen molar-refractivity contribution in [2.24, 2.45) is 4.99 Å². The van der Waals surface area contributed by atoms with Gasteiger partial charge in [0.2, 0.25) is 6.08 Å². The molecule has 0 spiro atoms. The van der Waals surface area contributed by atoms with Gasteiger partial charge in [-0.1, -0.05) is 0 Å². The van der Waals surface area contributed by atoms with Crippen molar-refractivity contribution in [3.8, 4) is 0 Å². The van der Waals surface area contributed by atoms with Gasteiger partial charge in [0.05, 0.1) is 13.2 Å². The van der Waals surface area contributed by atoms with E-state index >= 15 is 0 Å². The van der Waals surface area contributed by atoms with Crippen LogP contribution in [0.2, 0.25) is 0 Å². The van der Waals surface area contributed by atoms with Crippen LogP contribution in [-0.4, -0.2) is 49.7 Å². The van der Waals surface area contributed by atoms with Crippen molar-refractivity contribution in [2.45, 2.75) is 18.5 Å². The average Bonchev–Trinajstić information content (AvgIpc) is 2.46. The third kappa shape index (κ3) is 2.14. The number of hydrogen-bond donors (Lipinski definition) is 0. The van der Waals surface area contributed by atoms with Gasteiger partial charge in [-0.05, 0) is 13.5 Å². The van der Waals surface area contributed by atoms with Crippen LogP contribution in [0, 0.1) is 0 Å². The van der Waals surface area contributed by atoms with E-state index in [0.717, 1.165) is 0 Å². The molecule has 1 aliphatic rings. The minimum Gasteiger partial charge on any atom is -0.468 e. The Morgan fingerprint density at radius 1 is 1.69 bits per heavy atom. The Morgan fingerprint density at radius 2 is 2.38 bits per heavy atom. The number of isocyanates is 1. The number of nitrogens with zero attached hydrogens (tertiary/aromatic N) is 2. The van der Waals surface area contributed by atoms with Gasteiger partial charge in [-0.3, -0.25) is 9.69 Å². The van der Waals surface area contributed by atoms with Crippen molar-refractivity contribution in [1.29, 1.82) is 0 Å². The molecule has 0 aromatic rings. The van der Waals surface area contributed by atoms with E-state index in [2.05, 4.69) is 9.73 Å². The number of methoxy groups -OCH3 is 1. The fourth-order valence-corrected chi connectivity index (χ4v) is 1.55. The van der Waals surface area contributed by atoms with E-state index in [1.54, 1.807) is 0 Å². The number of hydrogen-bond acceptors (Lipinski definition) is 5. The van der Waals surface area contributed by atoms with Gasteiger partial charge >= 0.3 is 5.97 Å². The lowest BCUT2D eigenvalue weighted by Crippen LogP contribution is -2.33. The molecule has 0 N–H and O–H groups in total. The van der Waals surface area contributed by atoms with Gasteiger partial charge in [0, 0.05) is 6.54 Å². The maximum Gasteiger partial charge on any atom is 0.323 e. The predicted molar refractivity (Wildman–Crippen MR) is 45.0 cm³/mol. The number of aliphatic imine (C=N–C) groups is 1. The SMILES string of the molecule is COC(=O)C1CC(N=C=O)CN1C. The summed E-state index contributed by atoms with van der Waals surface area (Å²) in [7, 11) is 3.16. The first kappa shape index (κ1) is 9.89. The number of likely N-dealkylation sites (tertiary alicyclic amines) is 1. The van der Waals surface area contributed by atoms with Gasteiger partial charge in [0.15, 0.2) is 0 Å². The Kier molecular flexibility index (Phi) is 3.17. The first-order chi connectivity index (χ1) is 6.19. The Labute approximate surface area is 76.4 Å². The van der Waals surface area contributed by atoms with E-state index in [4.69, 9.17) is 0 Å². The third-order valence-corrected chi connectivity index (χ3v) is 2.23. The van der Waals surface area contributed by atoms with E-state index < -0.39 is 0 Å². The van der Waals surface area contributed by atoms with Crippen molar-refractivity contribution >= 4 is 12.0 Å². The molecular formula is C8H12N2O3. The second-order valence-electron chi connectivity index (χ2n) is 3.09. The zero-order valence-electron chi connectivity index (χ0n) is 7.69. The number of rotatable bonds is 2. The largest absolute Gasteiger partial charge is 0.468 e. The summed E-state index contributed by atoms with van der Waals surface area (Å²) in [5.74, 6) is -0.272. The molecule has 1 rings (SSSR count). The lowest BCUT2D eigenvalue weighted by Gasteiger charge is -2.15. The Hall–Kier alpha value is -1.19. The molecule has 0 aromatic carbocycles. The van der Waals surface area contributed by atoms with Gasteiger partial charge in [-0.2, -0.15) is 0 Å². The second kappa shape index (κ2) is 4.16. The number of likely N-dealkylation sites (N-methyl/N-ethyl adjacent to an activating group) is 1. The molecule has 1 fully saturated rings. The number of carbonyl (C=O) groups is 1. The van der Waals surface area contributed by atoms with Crippen LogP contribution in [0.3, 0.4) is 0 Å². The minimum absolute atomic E-state index is 0.119. The molecule has 72 valence electrons. The summed E-state index contributed by atoms with van der Waals surface area (Å²) in [6, 6.07) is -0.390. The summed E-state index contributed by atoms with van der Waals surface area (Å²) < 4.78 is 4.61. The Bertz CT molecular complexity index is 248. The van der Waals surface area contributed by atoms with Crippen LogP contribution in [0.4, 0.5) is 0 Å². The summed E-state index contributed by atoms with van der Waals surface area (Å²) >= 11 is 0.